The number of hydrogen-bond acceptors (Lipinski definition) is 7. The first-order valence-corrected chi connectivity index (χ1v) is 7.83. The summed E-state index contributed by atoms with van der Waals surface area (Å²) in [6.45, 7) is 3.88. The monoisotopic (exact) mass is 345 g/mol. The number of carboxylic acid groups (broad SMARTS) is 1. The van der Waals surface area contributed by atoms with E-state index in [0.717, 1.165) is 0 Å². The first kappa shape index (κ1) is 19.9. The molecule has 0 spiro atoms. The van der Waals surface area contributed by atoms with Gasteiger partial charge in [0.2, 0.25) is 5.91 Å². The van der Waals surface area contributed by atoms with Crippen molar-refractivity contribution in [1.29, 1.82) is 0 Å². The Balaban J connectivity index is 2.89. The Morgan fingerprint density at radius 1 is 1.21 bits per heavy atom. The molecule has 2 N–H and O–H groups in total. The van der Waals surface area contributed by atoms with E-state index in [9.17, 15) is 24.3 Å². The Morgan fingerprint density at radius 3 is 2.38 bits per heavy atom. The smallest absolute Gasteiger partial charge is 0.327 e. The van der Waals surface area contributed by atoms with Crippen LogP contribution in [0.15, 0.2) is 0 Å². The van der Waals surface area contributed by atoms with Crippen molar-refractivity contribution >= 4 is 23.8 Å². The van der Waals surface area contributed by atoms with Crippen molar-refractivity contribution in [2.75, 3.05) is 26.4 Å². The first-order chi connectivity index (χ1) is 11.4. The summed E-state index contributed by atoms with van der Waals surface area (Å²) < 4.78 is 14.7. The summed E-state index contributed by atoms with van der Waals surface area (Å²) in [6.07, 6.45) is -0.0226. The maximum atomic E-state index is 12.1. The topological polar surface area (TPSA) is 128 Å². The average molecular weight is 345 g/mol. The number of carbonyl (C=O) groups is 4. The molecule has 0 aromatic rings. The largest absolute Gasteiger partial charge is 0.480 e. The zero-order valence-corrected chi connectivity index (χ0v) is 13.8. The van der Waals surface area contributed by atoms with E-state index in [1.54, 1.807) is 13.8 Å². The van der Waals surface area contributed by atoms with Gasteiger partial charge < -0.3 is 24.6 Å². The number of ether oxygens (including phenoxy) is 3. The summed E-state index contributed by atoms with van der Waals surface area (Å²) in [4.78, 5) is 47.4. The third-order valence-corrected chi connectivity index (χ3v) is 3.55. The second-order valence-corrected chi connectivity index (χ2v) is 5.25. The average Bonchev–Trinajstić information content (AvgIpc) is 3.05. The van der Waals surface area contributed by atoms with E-state index in [0.29, 0.717) is 13.0 Å². The van der Waals surface area contributed by atoms with E-state index >= 15 is 0 Å². The van der Waals surface area contributed by atoms with Gasteiger partial charge in [0, 0.05) is 6.61 Å². The number of hydrogen-bond donors (Lipinski definition) is 2. The standard InChI is InChI=1S/C15H23NO8/c1-3-23-11(17)7-10(15(21)24-4-2)12(14(19)20)16-13(18)9-5-6-22-8-9/h9-10,12H,3-8H2,1-2H3,(H,16,18)(H,19,20)/t9-,10+,12-/m1/s1. The molecule has 0 bridgehead atoms. The molecule has 3 atom stereocenters. The van der Waals surface area contributed by atoms with Crippen LogP contribution in [0, 0.1) is 11.8 Å². The minimum Gasteiger partial charge on any atom is -0.480 e. The van der Waals surface area contributed by atoms with Gasteiger partial charge in [-0.1, -0.05) is 0 Å². The summed E-state index contributed by atoms with van der Waals surface area (Å²) in [5, 5.41) is 11.7. The highest BCUT2D eigenvalue weighted by Gasteiger charge is 2.39. The fraction of sp³-hybridized carbons (Fsp3) is 0.733. The second kappa shape index (κ2) is 9.86. The van der Waals surface area contributed by atoms with Crippen LogP contribution in [-0.2, 0) is 33.4 Å². The molecule has 0 radical (unpaired) electrons. The number of carboxylic acids is 1. The number of rotatable bonds is 9. The minimum atomic E-state index is -1.58. The molecule has 1 aliphatic rings. The molecule has 136 valence electrons. The molecule has 0 unspecified atom stereocenters. The first-order valence-electron chi connectivity index (χ1n) is 7.83. The quantitative estimate of drug-likeness (QED) is 0.546. The van der Waals surface area contributed by atoms with E-state index in [-0.39, 0.29) is 19.8 Å². The molecule has 0 aliphatic carbocycles. The number of nitrogens with one attached hydrogen (secondary N) is 1. The van der Waals surface area contributed by atoms with E-state index in [4.69, 9.17) is 14.2 Å². The molecule has 0 aromatic heterocycles. The van der Waals surface area contributed by atoms with Crippen molar-refractivity contribution in [1.82, 2.24) is 5.32 Å². The number of carbonyl (C=O) groups excluding carboxylic acids is 3. The molecule has 24 heavy (non-hydrogen) atoms. The Bertz CT molecular complexity index is 472. The summed E-state index contributed by atoms with van der Waals surface area (Å²) in [5.41, 5.74) is 0. The highest BCUT2D eigenvalue weighted by atomic mass is 16.5. The van der Waals surface area contributed by atoms with Crippen molar-refractivity contribution in [2.24, 2.45) is 11.8 Å². The molecule has 1 fully saturated rings. The van der Waals surface area contributed by atoms with E-state index in [1.807, 2.05) is 0 Å². The SMILES string of the molecule is CCOC(=O)C[C@H](C(=O)OCC)[C@@H](NC(=O)[C@@H]1CCOC1)C(=O)O. The van der Waals surface area contributed by atoms with E-state index < -0.39 is 48.1 Å². The predicted molar refractivity (Wildman–Crippen MR) is 79.9 cm³/mol. The molecular weight excluding hydrogens is 322 g/mol. The summed E-state index contributed by atoms with van der Waals surface area (Å²) >= 11 is 0. The van der Waals surface area contributed by atoms with Crippen LogP contribution in [0.5, 0.6) is 0 Å². The van der Waals surface area contributed by atoms with Crippen LogP contribution < -0.4 is 5.32 Å². The Kier molecular flexibility index (Phi) is 8.17. The van der Waals surface area contributed by atoms with E-state index in [2.05, 4.69) is 5.32 Å². The molecular formula is C15H23NO8. The van der Waals surface area contributed by atoms with Crippen molar-refractivity contribution in [3.63, 3.8) is 0 Å². The molecule has 0 saturated carbocycles. The molecule has 0 aromatic carbocycles. The molecule has 1 amide bonds. The maximum Gasteiger partial charge on any atom is 0.327 e. The lowest BCUT2D eigenvalue weighted by molar-refractivity contribution is -0.160. The summed E-state index contributed by atoms with van der Waals surface area (Å²) in [5.74, 6) is -5.41. The Labute approximate surface area is 139 Å². The van der Waals surface area contributed by atoms with Gasteiger partial charge in [-0.15, -0.1) is 0 Å². The highest BCUT2D eigenvalue weighted by molar-refractivity contribution is 5.91. The van der Waals surface area contributed by atoms with Crippen LogP contribution in [0.2, 0.25) is 0 Å². The highest BCUT2D eigenvalue weighted by Crippen LogP contribution is 2.17. The van der Waals surface area contributed by atoms with Crippen LogP contribution in [0.25, 0.3) is 0 Å². The van der Waals surface area contributed by atoms with Gasteiger partial charge in [-0.2, -0.15) is 0 Å². The number of amides is 1. The minimum absolute atomic E-state index is 0.0227. The van der Waals surface area contributed by atoms with Crippen LogP contribution in [0.3, 0.4) is 0 Å². The fourth-order valence-electron chi connectivity index (χ4n) is 2.33. The molecule has 1 saturated heterocycles. The fourth-order valence-corrected chi connectivity index (χ4v) is 2.33. The van der Waals surface area contributed by atoms with Gasteiger partial charge in [-0.3, -0.25) is 14.4 Å². The third-order valence-electron chi connectivity index (χ3n) is 3.55. The zero-order valence-electron chi connectivity index (χ0n) is 13.8. The van der Waals surface area contributed by atoms with Crippen molar-refractivity contribution in [3.05, 3.63) is 0 Å². The van der Waals surface area contributed by atoms with Gasteiger partial charge >= 0.3 is 17.9 Å². The molecule has 1 heterocycles. The number of aliphatic carboxylic acids is 1. The van der Waals surface area contributed by atoms with Crippen LogP contribution in [-0.4, -0.2) is 61.4 Å². The van der Waals surface area contributed by atoms with Gasteiger partial charge in [-0.25, -0.2) is 4.79 Å². The molecule has 1 aliphatic heterocycles. The lowest BCUT2D eigenvalue weighted by Gasteiger charge is -2.23. The number of esters is 2. The van der Waals surface area contributed by atoms with E-state index in [1.165, 1.54) is 0 Å². The van der Waals surface area contributed by atoms with Gasteiger partial charge in [0.1, 0.15) is 6.04 Å². The summed E-state index contributed by atoms with van der Waals surface area (Å²) in [6, 6.07) is -1.58. The maximum absolute atomic E-state index is 12.1. The van der Waals surface area contributed by atoms with Crippen molar-refractivity contribution < 1.29 is 38.5 Å². The summed E-state index contributed by atoms with van der Waals surface area (Å²) in [7, 11) is 0. The van der Waals surface area contributed by atoms with Crippen molar-refractivity contribution in [3.8, 4) is 0 Å². The van der Waals surface area contributed by atoms with Gasteiger partial charge in [0.15, 0.2) is 0 Å². The molecule has 9 heteroatoms. The predicted octanol–water partition coefficient (Wildman–Crippen LogP) is -0.275. The van der Waals surface area contributed by atoms with Crippen molar-refractivity contribution in [2.45, 2.75) is 32.7 Å². The second-order valence-electron chi connectivity index (χ2n) is 5.25. The zero-order chi connectivity index (χ0) is 18.1. The molecule has 9 nitrogen and oxygen atoms in total. The van der Waals surface area contributed by atoms with Crippen LogP contribution in [0.1, 0.15) is 26.7 Å². The Hall–Kier alpha value is -2.16. The van der Waals surface area contributed by atoms with Crippen LogP contribution >= 0.6 is 0 Å². The van der Waals surface area contributed by atoms with Gasteiger partial charge in [0.05, 0.1) is 38.1 Å². The van der Waals surface area contributed by atoms with Gasteiger partial charge in [-0.05, 0) is 20.3 Å². The normalized spacial score (nSPS) is 19.2. The third kappa shape index (κ3) is 5.80. The lowest BCUT2D eigenvalue weighted by Crippen LogP contribution is -2.51. The van der Waals surface area contributed by atoms with Crippen LogP contribution in [0.4, 0.5) is 0 Å². The Morgan fingerprint density at radius 2 is 1.88 bits per heavy atom. The van der Waals surface area contributed by atoms with Gasteiger partial charge in [0.25, 0.3) is 0 Å². The lowest BCUT2D eigenvalue weighted by atomic mass is 9.95. The molecule has 1 rings (SSSR count).